The number of aryl methyl sites for hydroxylation is 2. The fourth-order valence-corrected chi connectivity index (χ4v) is 10.3. The van der Waals surface area contributed by atoms with Crippen LogP contribution in [0.25, 0.3) is 121 Å². The zero-order valence-corrected chi connectivity index (χ0v) is 30.8. The Hall–Kier alpha value is -7.52. The van der Waals surface area contributed by atoms with Crippen molar-refractivity contribution in [2.24, 2.45) is 0 Å². The van der Waals surface area contributed by atoms with E-state index in [9.17, 15) is 10.5 Å². The van der Waals surface area contributed by atoms with E-state index < -0.39 is 0 Å². The lowest BCUT2D eigenvalue weighted by Crippen LogP contribution is -1.94. The van der Waals surface area contributed by atoms with Gasteiger partial charge < -0.3 is 0 Å². The molecule has 10 aromatic rings. The lowest BCUT2D eigenvalue weighted by atomic mass is 9.83. The molecule has 2 heteroatoms. The van der Waals surface area contributed by atoms with Gasteiger partial charge in [-0.15, -0.1) is 0 Å². The number of nitriles is 2. The summed E-state index contributed by atoms with van der Waals surface area (Å²) < 4.78 is 0. The Morgan fingerprint density at radius 1 is 0.357 bits per heavy atom. The minimum atomic E-state index is 0.389. The van der Waals surface area contributed by atoms with Gasteiger partial charge in [0.25, 0.3) is 0 Å². The zero-order chi connectivity index (χ0) is 37.4. The minimum Gasteiger partial charge on any atom is -0.192 e. The van der Waals surface area contributed by atoms with Crippen LogP contribution in [0.1, 0.15) is 22.3 Å². The Labute approximate surface area is 323 Å². The normalized spacial score (nSPS) is 12.1. The van der Waals surface area contributed by atoms with E-state index in [1.54, 1.807) is 6.07 Å². The van der Waals surface area contributed by atoms with Gasteiger partial charge in [0.2, 0.25) is 0 Å². The molecule has 0 saturated heterocycles. The smallest absolute Gasteiger partial charge is 0.101 e. The van der Waals surface area contributed by atoms with E-state index in [-0.39, 0.29) is 0 Å². The first kappa shape index (κ1) is 30.9. The Bertz CT molecular complexity index is 3560. The lowest BCUT2D eigenvalue weighted by Gasteiger charge is -2.20. The highest BCUT2D eigenvalue weighted by Gasteiger charge is 2.30. The van der Waals surface area contributed by atoms with Crippen molar-refractivity contribution < 1.29 is 0 Å². The van der Waals surface area contributed by atoms with E-state index in [0.29, 0.717) is 11.1 Å². The van der Waals surface area contributed by atoms with E-state index in [2.05, 4.69) is 153 Å². The van der Waals surface area contributed by atoms with Crippen molar-refractivity contribution in [2.45, 2.75) is 13.8 Å². The maximum atomic E-state index is 10.1. The van der Waals surface area contributed by atoms with Crippen molar-refractivity contribution >= 4 is 53.9 Å². The van der Waals surface area contributed by atoms with Crippen LogP contribution in [0.15, 0.2) is 146 Å². The van der Waals surface area contributed by atoms with Crippen molar-refractivity contribution in [1.82, 2.24) is 0 Å². The van der Waals surface area contributed by atoms with E-state index in [0.717, 1.165) is 16.5 Å². The molecule has 0 bridgehead atoms. The van der Waals surface area contributed by atoms with Crippen LogP contribution in [0.5, 0.6) is 0 Å². The third kappa shape index (κ3) is 3.93. The molecular formula is C54H30N2. The fraction of sp³-hybridized carbons (Fsp3) is 0.0370. The number of hydrogen-bond donors (Lipinski definition) is 0. The van der Waals surface area contributed by atoms with Gasteiger partial charge in [0.1, 0.15) is 12.1 Å². The van der Waals surface area contributed by atoms with Crippen LogP contribution in [0.2, 0.25) is 0 Å². The molecule has 0 atom stereocenters. The third-order valence-electron chi connectivity index (χ3n) is 12.6. The van der Waals surface area contributed by atoms with Gasteiger partial charge in [-0.2, -0.15) is 10.5 Å². The molecule has 0 N–H and O–H groups in total. The molecular weight excluding hydrogens is 677 g/mol. The summed E-state index contributed by atoms with van der Waals surface area (Å²) in [4.78, 5) is 0. The molecule has 0 spiro atoms. The molecule has 10 aromatic carbocycles. The second-order valence-electron chi connectivity index (χ2n) is 15.5. The first-order valence-corrected chi connectivity index (χ1v) is 19.1. The molecule has 56 heavy (non-hydrogen) atoms. The summed E-state index contributed by atoms with van der Waals surface area (Å²) in [6.07, 6.45) is 0. The number of fused-ring (bicyclic) bond motifs is 11. The highest BCUT2D eigenvalue weighted by molar-refractivity contribution is 6.30. The number of nitrogens with zero attached hydrogens (tertiary/aromatic N) is 2. The summed E-state index contributed by atoms with van der Waals surface area (Å²) in [5, 5.41) is 32.2. The van der Waals surface area contributed by atoms with E-state index >= 15 is 0 Å². The van der Waals surface area contributed by atoms with Crippen LogP contribution in [-0.2, 0) is 0 Å². The van der Waals surface area contributed by atoms with Crippen LogP contribution < -0.4 is 0 Å². The molecule has 0 radical (unpaired) electrons. The first-order valence-electron chi connectivity index (χ1n) is 19.1. The maximum absolute atomic E-state index is 10.1. The van der Waals surface area contributed by atoms with Crippen LogP contribution in [-0.4, -0.2) is 0 Å². The third-order valence-corrected chi connectivity index (χ3v) is 12.6. The van der Waals surface area contributed by atoms with Gasteiger partial charge in [-0.25, -0.2) is 0 Å². The zero-order valence-electron chi connectivity index (χ0n) is 30.8. The van der Waals surface area contributed by atoms with Crippen molar-refractivity contribution in [3.8, 4) is 78.9 Å². The topological polar surface area (TPSA) is 47.6 Å². The number of benzene rings is 10. The lowest BCUT2D eigenvalue weighted by molar-refractivity contribution is 1.39. The standard InChI is InChI=1S/C54H30N2/c1-29-15-18-36(30(2)23-29)52-42-22-20-37-38(46(42)26-48-40-12-4-8-32-10-6-14-44(50(32)40)54(48)52)19-21-41-45(37)25-47-39-11-3-7-31-9-5-13-43(49(31)39)53(47)51(41)33-16-17-34(27-55)35(24-33)28-56/h3-26H,1-2H3. The van der Waals surface area contributed by atoms with Crippen molar-refractivity contribution in [3.63, 3.8) is 0 Å². The molecule has 12 rings (SSSR count). The number of hydrogen-bond acceptors (Lipinski definition) is 2. The monoisotopic (exact) mass is 706 g/mol. The molecule has 2 aliphatic carbocycles. The predicted octanol–water partition coefficient (Wildman–Crippen LogP) is 14.4. The summed E-state index contributed by atoms with van der Waals surface area (Å²) in [6, 6.07) is 57.8. The van der Waals surface area contributed by atoms with Crippen LogP contribution in [0.3, 0.4) is 0 Å². The molecule has 0 amide bonds. The van der Waals surface area contributed by atoms with Gasteiger partial charge in [0.15, 0.2) is 0 Å². The number of rotatable bonds is 2. The molecule has 2 aliphatic rings. The van der Waals surface area contributed by atoms with Crippen molar-refractivity contribution in [2.75, 3.05) is 0 Å². The second-order valence-corrected chi connectivity index (χ2v) is 15.5. The molecule has 0 unspecified atom stereocenters. The van der Waals surface area contributed by atoms with E-state index in [1.165, 1.54) is 115 Å². The summed E-state index contributed by atoms with van der Waals surface area (Å²) >= 11 is 0. The van der Waals surface area contributed by atoms with Gasteiger partial charge in [0.05, 0.1) is 11.1 Å². The maximum Gasteiger partial charge on any atom is 0.101 e. The van der Waals surface area contributed by atoms with Gasteiger partial charge in [-0.3, -0.25) is 0 Å². The molecule has 0 aromatic heterocycles. The summed E-state index contributed by atoms with van der Waals surface area (Å²) in [6.45, 7) is 4.41. The second kappa shape index (κ2) is 11.0. The van der Waals surface area contributed by atoms with Crippen LogP contribution >= 0.6 is 0 Å². The fourth-order valence-electron chi connectivity index (χ4n) is 10.3. The van der Waals surface area contributed by atoms with Crippen molar-refractivity contribution in [1.29, 1.82) is 10.5 Å². The molecule has 0 heterocycles. The summed E-state index contributed by atoms with van der Waals surface area (Å²) in [7, 11) is 0. The molecule has 2 nitrogen and oxygen atoms in total. The average Bonchev–Trinajstić information content (AvgIpc) is 3.73. The summed E-state index contributed by atoms with van der Waals surface area (Å²) in [5.74, 6) is 0. The molecule has 256 valence electrons. The van der Waals surface area contributed by atoms with Gasteiger partial charge in [-0.1, -0.05) is 127 Å². The van der Waals surface area contributed by atoms with E-state index in [1.807, 2.05) is 12.1 Å². The molecule has 0 aliphatic heterocycles. The quantitative estimate of drug-likeness (QED) is 0.168. The largest absolute Gasteiger partial charge is 0.192 e. The first-order chi connectivity index (χ1) is 27.5. The van der Waals surface area contributed by atoms with Crippen LogP contribution in [0.4, 0.5) is 0 Å². The Balaban J connectivity index is 1.24. The Morgan fingerprint density at radius 3 is 1.43 bits per heavy atom. The van der Waals surface area contributed by atoms with Gasteiger partial charge in [-0.05, 0) is 164 Å². The SMILES string of the molecule is Cc1ccc(-c2c3c(cc4c2ccc2c5cc6c(c(-c7ccc(C#N)c(C#N)c7)c5ccc42)-c2cccc4cccc-6c24)-c2cccc4cccc-3c24)c(C)c1. The van der Waals surface area contributed by atoms with Crippen molar-refractivity contribution in [3.05, 3.63) is 168 Å². The molecule has 0 saturated carbocycles. The Kier molecular flexibility index (Phi) is 6.08. The minimum absolute atomic E-state index is 0.389. The van der Waals surface area contributed by atoms with Gasteiger partial charge in [0, 0.05) is 0 Å². The highest BCUT2D eigenvalue weighted by atomic mass is 14.3. The Morgan fingerprint density at radius 2 is 0.875 bits per heavy atom. The molecule has 0 fully saturated rings. The van der Waals surface area contributed by atoms with E-state index in [4.69, 9.17) is 0 Å². The summed E-state index contributed by atoms with van der Waals surface area (Å²) in [5.41, 5.74) is 17.9. The highest BCUT2D eigenvalue weighted by Crippen LogP contribution is 2.57. The predicted molar refractivity (Wildman–Crippen MR) is 233 cm³/mol. The van der Waals surface area contributed by atoms with Crippen LogP contribution in [0, 0.1) is 36.5 Å². The van der Waals surface area contributed by atoms with Gasteiger partial charge >= 0.3 is 0 Å². The average molecular weight is 707 g/mol.